The topological polar surface area (TPSA) is 82.1 Å². The fraction of sp³-hybridized carbons (Fsp3) is 0.438. The molecule has 3 rings (SSSR count). The highest BCUT2D eigenvalue weighted by Gasteiger charge is 2.32. The minimum Gasteiger partial charge on any atom is -0.550 e. The van der Waals surface area contributed by atoms with E-state index in [1.807, 2.05) is 25.1 Å². The molecule has 1 N–H and O–H groups in total. The monoisotopic (exact) mass is 317 g/mol. The molecule has 1 amide bonds. The fourth-order valence-electron chi connectivity index (χ4n) is 3.01. The Morgan fingerprint density at radius 3 is 2.73 bits per heavy atom. The summed E-state index contributed by atoms with van der Waals surface area (Å²) in [6, 6.07) is 5.91. The van der Waals surface area contributed by atoms with E-state index in [0.717, 1.165) is 28.6 Å². The van der Waals surface area contributed by atoms with E-state index in [9.17, 15) is 14.7 Å². The normalized spacial score (nSPS) is 21.7. The Labute approximate surface area is 132 Å². The molecule has 0 aliphatic heterocycles. The van der Waals surface area contributed by atoms with E-state index >= 15 is 0 Å². The van der Waals surface area contributed by atoms with Crippen molar-refractivity contribution in [1.82, 2.24) is 4.98 Å². The number of fused-ring (bicyclic) bond motifs is 1. The van der Waals surface area contributed by atoms with Crippen LogP contribution in [-0.4, -0.2) is 16.9 Å². The van der Waals surface area contributed by atoms with Crippen LogP contribution in [0.5, 0.6) is 0 Å². The first-order valence-electron chi connectivity index (χ1n) is 7.43. The Morgan fingerprint density at radius 1 is 1.27 bits per heavy atom. The second-order valence-electron chi connectivity index (χ2n) is 5.80. The second kappa shape index (κ2) is 6.04. The van der Waals surface area contributed by atoms with Crippen molar-refractivity contribution in [3.05, 3.63) is 23.8 Å². The smallest absolute Gasteiger partial charge is 0.229 e. The average molecular weight is 317 g/mol. The summed E-state index contributed by atoms with van der Waals surface area (Å²) in [5.41, 5.74) is 1.98. The molecule has 5 nitrogen and oxygen atoms in total. The van der Waals surface area contributed by atoms with E-state index in [-0.39, 0.29) is 5.91 Å². The van der Waals surface area contributed by atoms with Gasteiger partial charge in [0.2, 0.25) is 5.91 Å². The van der Waals surface area contributed by atoms with Gasteiger partial charge in [0.05, 0.1) is 10.2 Å². The summed E-state index contributed by atoms with van der Waals surface area (Å²) in [7, 11) is 0. The van der Waals surface area contributed by atoms with Gasteiger partial charge in [-0.15, -0.1) is 0 Å². The Bertz CT molecular complexity index is 725. The van der Waals surface area contributed by atoms with Gasteiger partial charge in [0.1, 0.15) is 0 Å². The van der Waals surface area contributed by atoms with Crippen LogP contribution >= 0.6 is 11.3 Å². The van der Waals surface area contributed by atoms with Gasteiger partial charge in [-0.05, 0) is 37.5 Å². The van der Waals surface area contributed by atoms with Crippen LogP contribution in [0.1, 0.15) is 31.2 Å². The van der Waals surface area contributed by atoms with Crippen molar-refractivity contribution in [2.75, 3.05) is 5.32 Å². The van der Waals surface area contributed by atoms with Crippen molar-refractivity contribution in [1.29, 1.82) is 0 Å². The molecule has 1 aliphatic rings. The predicted molar refractivity (Wildman–Crippen MR) is 83.4 cm³/mol. The van der Waals surface area contributed by atoms with E-state index in [2.05, 4.69) is 10.3 Å². The first-order chi connectivity index (χ1) is 10.5. The Morgan fingerprint density at radius 2 is 2.00 bits per heavy atom. The standard InChI is InChI=1S/C16H18N2O3S/c1-9-6-7-12-13(8-9)22-16(17-12)18-14(19)10-4-2-3-5-11(10)15(20)21/h6-8,10-11H,2-5H2,1H3,(H,20,21)(H,17,18,19)/p-1/t10-,11+/m0/s1. The number of rotatable bonds is 3. The van der Waals surface area contributed by atoms with Crippen molar-refractivity contribution in [2.45, 2.75) is 32.6 Å². The summed E-state index contributed by atoms with van der Waals surface area (Å²) in [5, 5.41) is 14.5. The lowest BCUT2D eigenvalue weighted by Gasteiger charge is -2.30. The first kappa shape index (κ1) is 15.0. The summed E-state index contributed by atoms with van der Waals surface area (Å²) >= 11 is 1.41. The molecular formula is C16H17N2O3S-. The van der Waals surface area contributed by atoms with Crippen LogP contribution in [0, 0.1) is 18.8 Å². The van der Waals surface area contributed by atoms with Crippen molar-refractivity contribution in [3.8, 4) is 0 Å². The zero-order chi connectivity index (χ0) is 15.7. The molecule has 0 bridgehead atoms. The number of hydrogen-bond donors (Lipinski definition) is 1. The molecule has 1 aromatic carbocycles. The van der Waals surface area contributed by atoms with Crippen molar-refractivity contribution < 1.29 is 14.7 Å². The SMILES string of the molecule is Cc1ccc2nc(NC(=O)[C@H]3CCCC[C@H]3C(=O)[O-])sc2c1. The number of carboxylic acid groups (broad SMARTS) is 1. The number of nitrogens with zero attached hydrogens (tertiary/aromatic N) is 1. The molecule has 6 heteroatoms. The van der Waals surface area contributed by atoms with Crippen LogP contribution in [0.3, 0.4) is 0 Å². The van der Waals surface area contributed by atoms with Gasteiger partial charge in [-0.25, -0.2) is 4.98 Å². The number of anilines is 1. The van der Waals surface area contributed by atoms with Gasteiger partial charge in [0.15, 0.2) is 5.13 Å². The third-order valence-corrected chi connectivity index (χ3v) is 5.11. The van der Waals surface area contributed by atoms with Gasteiger partial charge < -0.3 is 15.2 Å². The van der Waals surface area contributed by atoms with Gasteiger partial charge in [-0.1, -0.05) is 30.2 Å². The van der Waals surface area contributed by atoms with E-state index < -0.39 is 17.8 Å². The summed E-state index contributed by atoms with van der Waals surface area (Å²) in [4.78, 5) is 28.0. The lowest BCUT2D eigenvalue weighted by molar-refractivity contribution is -0.313. The molecule has 0 radical (unpaired) electrons. The van der Waals surface area contributed by atoms with Crippen molar-refractivity contribution in [2.24, 2.45) is 11.8 Å². The summed E-state index contributed by atoms with van der Waals surface area (Å²) < 4.78 is 1.01. The van der Waals surface area contributed by atoms with Crippen LogP contribution in [-0.2, 0) is 9.59 Å². The van der Waals surface area contributed by atoms with Gasteiger partial charge in [-0.2, -0.15) is 0 Å². The number of amides is 1. The number of hydrogen-bond acceptors (Lipinski definition) is 5. The highest BCUT2D eigenvalue weighted by molar-refractivity contribution is 7.22. The maximum Gasteiger partial charge on any atom is 0.229 e. The molecule has 22 heavy (non-hydrogen) atoms. The second-order valence-corrected chi connectivity index (χ2v) is 6.83. The third kappa shape index (κ3) is 2.97. The molecule has 1 aliphatic carbocycles. The fourth-order valence-corrected chi connectivity index (χ4v) is 3.98. The van der Waals surface area contributed by atoms with E-state index in [0.29, 0.717) is 18.0 Å². The quantitative estimate of drug-likeness (QED) is 0.940. The number of thiazole rings is 1. The number of aromatic nitrogens is 1. The molecule has 1 aromatic heterocycles. The Kier molecular flexibility index (Phi) is 4.11. The molecule has 116 valence electrons. The van der Waals surface area contributed by atoms with Crippen LogP contribution in [0.15, 0.2) is 18.2 Å². The molecule has 2 aromatic rings. The van der Waals surface area contributed by atoms with E-state index in [4.69, 9.17) is 0 Å². The lowest BCUT2D eigenvalue weighted by Crippen LogP contribution is -2.42. The number of nitrogens with one attached hydrogen (secondary N) is 1. The van der Waals surface area contributed by atoms with E-state index in [1.54, 1.807) is 0 Å². The third-order valence-electron chi connectivity index (χ3n) is 4.18. The number of carbonyl (C=O) groups excluding carboxylic acids is 2. The Hall–Kier alpha value is -1.95. The van der Waals surface area contributed by atoms with Gasteiger partial charge in [0.25, 0.3) is 0 Å². The summed E-state index contributed by atoms with van der Waals surface area (Å²) in [5.74, 6) is -2.60. The molecule has 0 unspecified atom stereocenters. The lowest BCUT2D eigenvalue weighted by atomic mass is 9.79. The van der Waals surface area contributed by atoms with Crippen molar-refractivity contribution in [3.63, 3.8) is 0 Å². The van der Waals surface area contributed by atoms with Crippen LogP contribution < -0.4 is 10.4 Å². The highest BCUT2D eigenvalue weighted by Crippen LogP contribution is 2.32. The summed E-state index contributed by atoms with van der Waals surface area (Å²) in [6.07, 6.45) is 2.82. The zero-order valence-corrected chi connectivity index (χ0v) is 13.1. The first-order valence-corrected chi connectivity index (χ1v) is 8.25. The number of aryl methyl sites for hydroxylation is 1. The molecule has 0 spiro atoms. The largest absolute Gasteiger partial charge is 0.550 e. The van der Waals surface area contributed by atoms with Crippen LogP contribution in [0.2, 0.25) is 0 Å². The van der Waals surface area contributed by atoms with Crippen LogP contribution in [0.25, 0.3) is 10.2 Å². The molecule has 0 saturated heterocycles. The molecule has 1 fully saturated rings. The predicted octanol–water partition coefficient (Wildman–Crippen LogP) is 2.10. The van der Waals surface area contributed by atoms with Gasteiger partial charge in [0, 0.05) is 17.8 Å². The van der Waals surface area contributed by atoms with Gasteiger partial charge >= 0.3 is 0 Å². The van der Waals surface area contributed by atoms with E-state index in [1.165, 1.54) is 11.3 Å². The molecular weight excluding hydrogens is 300 g/mol. The maximum atomic E-state index is 12.4. The minimum absolute atomic E-state index is 0.260. The summed E-state index contributed by atoms with van der Waals surface area (Å²) in [6.45, 7) is 2.00. The number of carboxylic acids is 1. The molecule has 2 atom stereocenters. The van der Waals surface area contributed by atoms with Crippen LogP contribution in [0.4, 0.5) is 5.13 Å². The zero-order valence-electron chi connectivity index (χ0n) is 12.3. The maximum absolute atomic E-state index is 12.4. The molecule has 1 saturated carbocycles. The molecule has 1 heterocycles. The highest BCUT2D eigenvalue weighted by atomic mass is 32.1. The average Bonchev–Trinajstić information content (AvgIpc) is 2.88. The number of aliphatic carboxylic acids is 1. The minimum atomic E-state index is -1.13. The Balaban J connectivity index is 1.78. The van der Waals surface area contributed by atoms with Crippen molar-refractivity contribution >= 4 is 38.6 Å². The number of carbonyl (C=O) groups is 2. The number of benzene rings is 1. The van der Waals surface area contributed by atoms with Gasteiger partial charge in [-0.3, -0.25) is 4.79 Å².